The van der Waals surface area contributed by atoms with E-state index in [2.05, 4.69) is 37.0 Å². The molecule has 0 atom stereocenters. The van der Waals surface area contributed by atoms with Gasteiger partial charge in [-0.05, 0) is 44.0 Å². The molecule has 0 spiro atoms. The predicted octanol–water partition coefficient (Wildman–Crippen LogP) is 3.35. The molecule has 0 bridgehead atoms. The highest BCUT2D eigenvalue weighted by Gasteiger charge is 2.01. The van der Waals surface area contributed by atoms with E-state index in [1.165, 1.54) is 0 Å². The van der Waals surface area contributed by atoms with E-state index in [0.717, 1.165) is 19.8 Å². The fourth-order valence-corrected chi connectivity index (χ4v) is 1.56. The minimum atomic E-state index is 0.861. The van der Waals surface area contributed by atoms with Crippen molar-refractivity contribution in [3.63, 3.8) is 0 Å². The maximum Gasteiger partial charge on any atom is 0.131 e. The second-order valence-corrected chi connectivity index (χ2v) is 3.85. The molecule has 2 nitrogen and oxygen atoms in total. The van der Waals surface area contributed by atoms with Gasteiger partial charge in [0, 0.05) is 14.3 Å². The van der Waals surface area contributed by atoms with Crippen molar-refractivity contribution in [3.05, 3.63) is 27.3 Å². The summed E-state index contributed by atoms with van der Waals surface area (Å²) in [6.07, 6.45) is 1.62. The summed E-state index contributed by atoms with van der Waals surface area (Å²) in [5.41, 5.74) is 0.861. The normalized spacial score (nSPS) is 10.7. The second-order valence-electron chi connectivity index (χ2n) is 2.14. The van der Waals surface area contributed by atoms with E-state index in [1.54, 1.807) is 6.26 Å². The van der Waals surface area contributed by atoms with Crippen molar-refractivity contribution in [1.82, 2.24) is 5.16 Å². The maximum atomic E-state index is 4.78. The average Bonchev–Trinajstić information content (AvgIpc) is 2.36. The van der Waals surface area contributed by atoms with Crippen LogP contribution in [0.25, 0.3) is 10.9 Å². The Balaban J connectivity index is 2.86. The Labute approximate surface area is 79.8 Å². The molecule has 0 saturated heterocycles. The SMILES string of the molecule is Brc1cc2conc2cc1Br. The lowest BCUT2D eigenvalue weighted by Crippen LogP contribution is -1.70. The molecule has 1 aromatic heterocycles. The lowest BCUT2D eigenvalue weighted by Gasteiger charge is -1.92. The zero-order valence-corrected chi connectivity index (χ0v) is 8.52. The van der Waals surface area contributed by atoms with E-state index in [4.69, 9.17) is 4.52 Å². The highest BCUT2D eigenvalue weighted by molar-refractivity contribution is 9.13. The number of hydrogen-bond donors (Lipinski definition) is 0. The van der Waals surface area contributed by atoms with Crippen LogP contribution in [0.1, 0.15) is 0 Å². The van der Waals surface area contributed by atoms with Gasteiger partial charge < -0.3 is 4.52 Å². The van der Waals surface area contributed by atoms with E-state index in [9.17, 15) is 0 Å². The van der Waals surface area contributed by atoms with Crippen molar-refractivity contribution in [2.45, 2.75) is 0 Å². The number of nitrogens with zero attached hydrogens (tertiary/aromatic N) is 1. The van der Waals surface area contributed by atoms with Gasteiger partial charge in [-0.25, -0.2) is 0 Å². The van der Waals surface area contributed by atoms with Crippen LogP contribution in [0.15, 0.2) is 31.9 Å². The molecule has 4 heteroatoms. The number of halogens is 2. The standard InChI is InChI=1S/C7H3Br2NO/c8-5-1-4-3-11-10-7(4)2-6(5)9/h1-3H. The third-order valence-electron chi connectivity index (χ3n) is 1.40. The van der Waals surface area contributed by atoms with Crippen LogP contribution in [-0.2, 0) is 0 Å². The molecule has 0 aliphatic heterocycles. The summed E-state index contributed by atoms with van der Waals surface area (Å²) in [4.78, 5) is 0. The van der Waals surface area contributed by atoms with Crippen LogP contribution < -0.4 is 0 Å². The summed E-state index contributed by atoms with van der Waals surface area (Å²) in [7, 11) is 0. The van der Waals surface area contributed by atoms with E-state index in [0.29, 0.717) is 0 Å². The predicted molar refractivity (Wildman–Crippen MR) is 49.4 cm³/mol. The van der Waals surface area contributed by atoms with Crippen molar-refractivity contribution in [1.29, 1.82) is 0 Å². The zero-order chi connectivity index (χ0) is 7.84. The first kappa shape index (κ1) is 7.31. The number of hydrogen-bond acceptors (Lipinski definition) is 2. The molecule has 0 unspecified atom stereocenters. The summed E-state index contributed by atoms with van der Waals surface area (Å²) >= 11 is 6.76. The van der Waals surface area contributed by atoms with Gasteiger partial charge in [-0.2, -0.15) is 0 Å². The van der Waals surface area contributed by atoms with Crippen molar-refractivity contribution in [3.8, 4) is 0 Å². The van der Waals surface area contributed by atoms with E-state index >= 15 is 0 Å². The number of benzene rings is 1. The number of rotatable bonds is 0. The van der Waals surface area contributed by atoms with Gasteiger partial charge >= 0.3 is 0 Å². The minimum absolute atomic E-state index is 0.861. The van der Waals surface area contributed by atoms with Gasteiger partial charge in [0.1, 0.15) is 11.8 Å². The molecular formula is C7H3Br2NO. The van der Waals surface area contributed by atoms with Gasteiger partial charge in [0.2, 0.25) is 0 Å². The Morgan fingerprint density at radius 2 is 1.91 bits per heavy atom. The van der Waals surface area contributed by atoms with Crippen molar-refractivity contribution >= 4 is 42.8 Å². The molecule has 0 aliphatic rings. The van der Waals surface area contributed by atoms with Gasteiger partial charge in [-0.15, -0.1) is 0 Å². The molecule has 0 radical (unpaired) electrons. The first-order valence-electron chi connectivity index (χ1n) is 2.96. The van der Waals surface area contributed by atoms with E-state index < -0.39 is 0 Å². The fraction of sp³-hybridized carbons (Fsp3) is 0. The lowest BCUT2D eigenvalue weighted by atomic mass is 10.3. The monoisotopic (exact) mass is 275 g/mol. The molecule has 2 rings (SSSR count). The number of aromatic nitrogens is 1. The summed E-state index contributed by atoms with van der Waals surface area (Å²) in [6, 6.07) is 3.86. The van der Waals surface area contributed by atoms with Gasteiger partial charge in [0.25, 0.3) is 0 Å². The number of fused-ring (bicyclic) bond motifs is 1. The Morgan fingerprint density at radius 1 is 1.18 bits per heavy atom. The lowest BCUT2D eigenvalue weighted by molar-refractivity contribution is 0.428. The average molecular weight is 277 g/mol. The molecule has 0 saturated carbocycles. The Bertz CT molecular complexity index is 360. The first-order valence-corrected chi connectivity index (χ1v) is 4.55. The summed E-state index contributed by atoms with van der Waals surface area (Å²) in [6.45, 7) is 0. The quantitative estimate of drug-likeness (QED) is 0.738. The molecule has 1 heterocycles. The summed E-state index contributed by atoms with van der Waals surface area (Å²) in [5, 5.41) is 4.79. The van der Waals surface area contributed by atoms with Crippen LogP contribution >= 0.6 is 31.9 Å². The van der Waals surface area contributed by atoms with Crippen LogP contribution in [0, 0.1) is 0 Å². The van der Waals surface area contributed by atoms with Gasteiger partial charge in [0.05, 0.1) is 0 Å². The largest absolute Gasteiger partial charge is 0.364 e. The fourth-order valence-electron chi connectivity index (χ4n) is 0.865. The topological polar surface area (TPSA) is 26.0 Å². The van der Waals surface area contributed by atoms with Gasteiger partial charge in [-0.3, -0.25) is 0 Å². The molecular weight excluding hydrogens is 274 g/mol. The van der Waals surface area contributed by atoms with Crippen LogP contribution in [0.2, 0.25) is 0 Å². The second kappa shape index (κ2) is 2.60. The van der Waals surface area contributed by atoms with Crippen LogP contribution in [0.3, 0.4) is 0 Å². The molecule has 1 aromatic carbocycles. The van der Waals surface area contributed by atoms with E-state index in [1.807, 2.05) is 12.1 Å². The van der Waals surface area contributed by atoms with Crippen LogP contribution in [-0.4, -0.2) is 5.16 Å². The molecule has 0 fully saturated rings. The third-order valence-corrected chi connectivity index (χ3v) is 3.24. The van der Waals surface area contributed by atoms with E-state index in [-0.39, 0.29) is 0 Å². The highest BCUT2D eigenvalue weighted by atomic mass is 79.9. The smallest absolute Gasteiger partial charge is 0.131 e. The maximum absolute atomic E-state index is 4.78. The molecule has 0 aliphatic carbocycles. The Morgan fingerprint density at radius 3 is 2.73 bits per heavy atom. The minimum Gasteiger partial charge on any atom is -0.364 e. The molecule has 0 amide bonds. The zero-order valence-electron chi connectivity index (χ0n) is 5.34. The summed E-state index contributed by atoms with van der Waals surface area (Å²) < 4.78 is 6.78. The molecule has 0 N–H and O–H groups in total. The van der Waals surface area contributed by atoms with Gasteiger partial charge in [0.15, 0.2) is 0 Å². The summed E-state index contributed by atoms with van der Waals surface area (Å²) in [5.74, 6) is 0. The Kier molecular flexibility index (Phi) is 1.73. The van der Waals surface area contributed by atoms with Crippen molar-refractivity contribution in [2.75, 3.05) is 0 Å². The van der Waals surface area contributed by atoms with Crippen molar-refractivity contribution < 1.29 is 4.52 Å². The third kappa shape index (κ3) is 1.20. The molecule has 2 aromatic rings. The highest BCUT2D eigenvalue weighted by Crippen LogP contribution is 2.27. The molecule has 11 heavy (non-hydrogen) atoms. The van der Waals surface area contributed by atoms with Gasteiger partial charge in [-0.1, -0.05) is 5.16 Å². The Hall–Kier alpha value is -0.350. The molecule has 56 valence electrons. The first-order chi connectivity index (χ1) is 5.27. The van der Waals surface area contributed by atoms with Crippen molar-refractivity contribution in [2.24, 2.45) is 0 Å². The van der Waals surface area contributed by atoms with Crippen LogP contribution in [0.5, 0.6) is 0 Å². The van der Waals surface area contributed by atoms with Crippen LogP contribution in [0.4, 0.5) is 0 Å².